The molecule has 0 aliphatic rings. The van der Waals surface area contributed by atoms with Crippen LogP contribution in [0.3, 0.4) is 0 Å². The van der Waals surface area contributed by atoms with Crippen LogP contribution in [-0.4, -0.2) is 32.2 Å². The molecule has 21 heavy (non-hydrogen) atoms. The topological polar surface area (TPSA) is 108 Å². The number of hydrogen-bond donors (Lipinski definition) is 3. The van der Waals surface area contributed by atoms with Crippen LogP contribution in [0, 0.1) is 6.92 Å². The molecule has 0 spiro atoms. The highest BCUT2D eigenvalue weighted by Gasteiger charge is 2.15. The Kier molecular flexibility index (Phi) is 4.02. The molecule has 3 N–H and O–H groups in total. The average Bonchev–Trinajstić information content (AvgIpc) is 2.90. The van der Waals surface area contributed by atoms with E-state index in [-0.39, 0.29) is 17.3 Å². The van der Waals surface area contributed by atoms with Gasteiger partial charge in [-0.25, -0.2) is 9.78 Å². The Morgan fingerprint density at radius 1 is 1.33 bits per heavy atom. The predicted molar refractivity (Wildman–Crippen MR) is 76.6 cm³/mol. The highest BCUT2D eigenvalue weighted by molar-refractivity contribution is 6.02. The maximum atomic E-state index is 12.0. The van der Waals surface area contributed by atoms with Gasteiger partial charge in [0.15, 0.2) is 0 Å². The molecule has 2 rings (SSSR count). The van der Waals surface area contributed by atoms with Crippen molar-refractivity contribution in [2.45, 2.75) is 26.7 Å². The van der Waals surface area contributed by atoms with Crippen LogP contribution in [0.15, 0.2) is 18.2 Å². The van der Waals surface area contributed by atoms with Crippen molar-refractivity contribution in [2.24, 2.45) is 0 Å². The largest absolute Gasteiger partial charge is 0.478 e. The lowest BCUT2D eigenvalue weighted by Crippen LogP contribution is -2.14. The van der Waals surface area contributed by atoms with E-state index in [2.05, 4.69) is 20.5 Å². The molecule has 0 atom stereocenters. The fraction of sp³-hybridized carbons (Fsp3) is 0.286. The van der Waals surface area contributed by atoms with E-state index in [1.807, 2.05) is 13.8 Å². The second-order valence-electron chi connectivity index (χ2n) is 4.99. The molecule has 7 nitrogen and oxygen atoms in total. The van der Waals surface area contributed by atoms with Gasteiger partial charge in [-0.15, -0.1) is 5.10 Å². The summed E-state index contributed by atoms with van der Waals surface area (Å²) in [5.41, 5.74) is 1.16. The summed E-state index contributed by atoms with van der Waals surface area (Å²) >= 11 is 0. The zero-order valence-electron chi connectivity index (χ0n) is 12.0. The van der Waals surface area contributed by atoms with E-state index in [0.29, 0.717) is 17.1 Å². The van der Waals surface area contributed by atoms with Crippen molar-refractivity contribution in [1.29, 1.82) is 0 Å². The first-order valence-electron chi connectivity index (χ1n) is 6.46. The van der Waals surface area contributed by atoms with Crippen LogP contribution in [0.5, 0.6) is 0 Å². The number of aromatic nitrogens is 3. The Labute approximate surface area is 121 Å². The van der Waals surface area contributed by atoms with Gasteiger partial charge in [0.25, 0.3) is 5.91 Å². The number of aryl methyl sites for hydroxylation is 1. The third-order valence-electron chi connectivity index (χ3n) is 2.98. The number of carbonyl (C=O) groups is 2. The minimum absolute atomic E-state index is 0.0242. The smallest absolute Gasteiger partial charge is 0.336 e. The van der Waals surface area contributed by atoms with Gasteiger partial charge < -0.3 is 10.4 Å². The highest BCUT2D eigenvalue weighted by Crippen LogP contribution is 2.16. The van der Waals surface area contributed by atoms with Crippen molar-refractivity contribution in [2.75, 3.05) is 5.32 Å². The summed E-state index contributed by atoms with van der Waals surface area (Å²) < 4.78 is 0. The minimum Gasteiger partial charge on any atom is -0.478 e. The van der Waals surface area contributed by atoms with Gasteiger partial charge in [0, 0.05) is 11.6 Å². The second-order valence-corrected chi connectivity index (χ2v) is 4.99. The van der Waals surface area contributed by atoms with Crippen LogP contribution in [0.4, 0.5) is 5.69 Å². The molecule has 7 heteroatoms. The molecule has 0 fully saturated rings. The second kappa shape index (κ2) is 5.74. The minimum atomic E-state index is -1.04. The number of rotatable bonds is 4. The van der Waals surface area contributed by atoms with Crippen molar-refractivity contribution >= 4 is 17.6 Å². The van der Waals surface area contributed by atoms with Gasteiger partial charge in [-0.05, 0) is 24.6 Å². The average molecular weight is 288 g/mol. The van der Waals surface area contributed by atoms with E-state index in [1.165, 1.54) is 6.07 Å². The Morgan fingerprint density at radius 2 is 2.05 bits per heavy atom. The van der Waals surface area contributed by atoms with Crippen LogP contribution < -0.4 is 5.32 Å². The lowest BCUT2D eigenvalue weighted by Gasteiger charge is -2.06. The van der Waals surface area contributed by atoms with Crippen LogP contribution in [-0.2, 0) is 0 Å². The molecule has 1 heterocycles. The predicted octanol–water partition coefficient (Wildman–Crippen LogP) is 2.19. The lowest BCUT2D eigenvalue weighted by molar-refractivity contribution is 0.0695. The number of nitrogens with one attached hydrogen (secondary N) is 2. The first-order valence-corrected chi connectivity index (χ1v) is 6.46. The maximum Gasteiger partial charge on any atom is 0.336 e. The molecule has 0 saturated carbocycles. The Bertz CT molecular complexity index is 691. The summed E-state index contributed by atoms with van der Waals surface area (Å²) in [6.45, 7) is 5.56. The number of aromatic carboxylic acids is 1. The molecule has 2 aromatic rings. The Hall–Kier alpha value is -2.70. The SMILES string of the molecule is Cc1ccc(NC(=O)c2n[nH]c(C(C)C)n2)cc1C(=O)O. The molecule has 0 aliphatic carbocycles. The van der Waals surface area contributed by atoms with E-state index >= 15 is 0 Å². The van der Waals surface area contributed by atoms with Crippen LogP contribution >= 0.6 is 0 Å². The van der Waals surface area contributed by atoms with Crippen molar-refractivity contribution < 1.29 is 14.7 Å². The highest BCUT2D eigenvalue weighted by atomic mass is 16.4. The quantitative estimate of drug-likeness (QED) is 0.799. The molecular formula is C14H16N4O3. The van der Waals surface area contributed by atoms with Gasteiger partial charge in [0.1, 0.15) is 5.82 Å². The number of benzene rings is 1. The molecular weight excluding hydrogens is 272 g/mol. The zero-order valence-corrected chi connectivity index (χ0v) is 12.0. The normalized spacial score (nSPS) is 10.7. The first kappa shape index (κ1) is 14.7. The molecule has 0 bridgehead atoms. The molecule has 110 valence electrons. The first-order chi connectivity index (χ1) is 9.88. The van der Waals surface area contributed by atoms with Gasteiger partial charge in [-0.3, -0.25) is 9.89 Å². The summed E-state index contributed by atoms with van der Waals surface area (Å²) in [6, 6.07) is 4.68. The van der Waals surface area contributed by atoms with E-state index in [9.17, 15) is 9.59 Å². The van der Waals surface area contributed by atoms with Crippen molar-refractivity contribution in [1.82, 2.24) is 15.2 Å². The maximum absolute atomic E-state index is 12.0. The summed E-state index contributed by atoms with van der Waals surface area (Å²) in [6.07, 6.45) is 0. The van der Waals surface area contributed by atoms with Gasteiger partial charge in [-0.2, -0.15) is 0 Å². The van der Waals surface area contributed by atoms with E-state index in [0.717, 1.165) is 0 Å². The van der Waals surface area contributed by atoms with Gasteiger partial charge >= 0.3 is 5.97 Å². The third-order valence-corrected chi connectivity index (χ3v) is 2.98. The molecule has 0 aliphatic heterocycles. The van der Waals surface area contributed by atoms with Gasteiger partial charge in [0.05, 0.1) is 5.56 Å². The third kappa shape index (κ3) is 3.25. The van der Waals surface area contributed by atoms with Crippen molar-refractivity contribution in [3.8, 4) is 0 Å². The number of amides is 1. The molecule has 0 radical (unpaired) electrons. The number of aromatic amines is 1. The van der Waals surface area contributed by atoms with E-state index < -0.39 is 11.9 Å². The summed E-state index contributed by atoms with van der Waals surface area (Å²) in [5.74, 6) is -0.745. The number of hydrogen-bond acceptors (Lipinski definition) is 4. The van der Waals surface area contributed by atoms with E-state index in [1.54, 1.807) is 19.1 Å². The molecule has 1 aromatic heterocycles. The number of carbonyl (C=O) groups excluding carboxylic acids is 1. The number of H-pyrrole nitrogens is 1. The van der Waals surface area contributed by atoms with Gasteiger partial charge in [-0.1, -0.05) is 19.9 Å². The number of nitrogens with zero attached hydrogens (tertiary/aromatic N) is 2. The molecule has 1 amide bonds. The van der Waals surface area contributed by atoms with Crippen molar-refractivity contribution in [3.05, 3.63) is 41.0 Å². The number of carboxylic acids is 1. The zero-order chi connectivity index (χ0) is 15.6. The number of carboxylic acid groups (broad SMARTS) is 1. The summed E-state index contributed by atoms with van der Waals surface area (Å²) in [5, 5.41) is 18.2. The number of anilines is 1. The van der Waals surface area contributed by atoms with Crippen LogP contribution in [0.1, 0.15) is 52.1 Å². The summed E-state index contributed by atoms with van der Waals surface area (Å²) in [4.78, 5) is 27.2. The Balaban J connectivity index is 2.19. The van der Waals surface area contributed by atoms with Crippen LogP contribution in [0.2, 0.25) is 0 Å². The summed E-state index contributed by atoms with van der Waals surface area (Å²) in [7, 11) is 0. The molecule has 1 aromatic carbocycles. The fourth-order valence-corrected chi connectivity index (χ4v) is 1.75. The standard InChI is InChI=1S/C14H16N4O3/c1-7(2)11-16-12(18-17-11)13(19)15-9-5-4-8(3)10(6-9)14(20)21/h4-7H,1-3H3,(H,15,19)(H,20,21)(H,16,17,18). The molecule has 0 unspecified atom stereocenters. The monoisotopic (exact) mass is 288 g/mol. The molecule has 0 saturated heterocycles. The fourth-order valence-electron chi connectivity index (χ4n) is 1.75. The van der Waals surface area contributed by atoms with Gasteiger partial charge in [0.2, 0.25) is 5.82 Å². The Morgan fingerprint density at radius 3 is 2.62 bits per heavy atom. The van der Waals surface area contributed by atoms with Crippen molar-refractivity contribution in [3.63, 3.8) is 0 Å². The lowest BCUT2D eigenvalue weighted by atomic mass is 10.1. The van der Waals surface area contributed by atoms with Crippen LogP contribution in [0.25, 0.3) is 0 Å². The van der Waals surface area contributed by atoms with E-state index in [4.69, 9.17) is 5.11 Å².